The number of aliphatic hydroxyl groups excluding tert-OH is 8. The maximum absolute atomic E-state index is 12.2. The highest BCUT2D eigenvalue weighted by Gasteiger charge is 2.43. The molecule has 0 bridgehead atoms. The van der Waals surface area contributed by atoms with E-state index >= 15 is 0 Å². The van der Waals surface area contributed by atoms with Gasteiger partial charge in [-0.15, -0.1) is 0 Å². The number of nitrogens with two attached hydrogens (primary N) is 3. The third-order valence-corrected chi connectivity index (χ3v) is 32.9. The quantitative estimate of drug-likeness (QED) is 0.0159. The molecule has 0 saturated carbocycles. The van der Waals surface area contributed by atoms with Gasteiger partial charge in [-0.2, -0.15) is 9.97 Å². The molecular weight excluding hydrogens is 2030 g/mol. The van der Waals surface area contributed by atoms with Crippen LogP contribution in [0.4, 0.5) is 17.6 Å². The average molecular weight is 2100 g/mol. The molecule has 0 amide bonds. The summed E-state index contributed by atoms with van der Waals surface area (Å²) >= 11 is 0. The van der Waals surface area contributed by atoms with Gasteiger partial charge in [0.1, 0.15) is 72.9 Å². The molecule has 10 heterocycles. The Labute approximate surface area is 716 Å². The molecule has 4 aliphatic rings. The second-order valence-electron chi connectivity index (χ2n) is 25.2. The van der Waals surface area contributed by atoms with Crippen molar-refractivity contribution in [3.05, 3.63) is 95.0 Å². The van der Waals surface area contributed by atoms with E-state index in [2.05, 4.69) is 95.6 Å². The highest BCUT2D eigenvalue weighted by atomic mass is 31.3. The minimum Gasteiger partial charge on any atom is -0.756 e. The van der Waals surface area contributed by atoms with Gasteiger partial charge in [-0.25, -0.2) is 54.0 Å². The van der Waals surface area contributed by atoms with Crippen molar-refractivity contribution in [2.45, 2.75) is 126 Å². The second-order valence-corrected chi connectivity index (χ2v) is 43.6. The number of rotatable bonds is 40. The van der Waals surface area contributed by atoms with Gasteiger partial charge >= 0.3 is 11.4 Å². The van der Waals surface area contributed by atoms with Crippen LogP contribution in [-0.2, 0) is 171 Å². The van der Waals surface area contributed by atoms with Crippen molar-refractivity contribution >= 4 is 134 Å². The summed E-state index contributed by atoms with van der Waals surface area (Å²) in [5.41, 5.74) is 14.3. The summed E-state index contributed by atoms with van der Waals surface area (Å²) in [7, 11) is -65.9. The van der Waals surface area contributed by atoms with Gasteiger partial charge in [0.25, 0.3) is 105 Å². The molecule has 12 unspecified atom stereocenters. The van der Waals surface area contributed by atoms with Crippen LogP contribution in [0.15, 0.2) is 50.3 Å². The number of anilines is 3. The SMILES string of the molecule is COP(=O)([O-])OP(=O)([O-])OP(=O)([O-])OC[C@H]1O[C@@H](n2cc(CO)c(=O)[nH]c2=O)C[C@H]1O.COP(=O)([O-])OP(=O)([O-])OP(=O)([O-])OC[C@H]1O[C@@H](n2cc(CO)c(N)nc2=O)C[C@H]1O.COP(=O)([O-])OP(=O)([O-])OP(=O)([O-])OC[C@H]1O[C@@H](n2cc(CO)c3c(=O)[nH]c(N)nc32)C[C@H]1O.COP(=O)([O-])OP(=O)([O-])OP(=O)([O-])OC[C@H]1O[C@@H](n2cc(CO)c3c(N)ncnc32)C[C@H]1O. The van der Waals surface area contributed by atoms with E-state index in [4.69, 9.17) is 41.3 Å². The molecule has 4 fully saturated rings. The topological polar surface area (TPSA) is 1080 Å². The Hall–Kier alpha value is -4.84. The molecule has 734 valence electrons. The van der Waals surface area contributed by atoms with Gasteiger partial charge in [-0.1, -0.05) is 0 Å². The third kappa shape index (κ3) is 32.1. The van der Waals surface area contributed by atoms with Gasteiger partial charge in [0.05, 0.1) is 93.6 Å². The molecule has 6 aromatic heterocycles. The van der Waals surface area contributed by atoms with Crippen LogP contribution >= 0.6 is 93.9 Å². The smallest absolute Gasteiger partial charge is 0.351 e. The van der Waals surface area contributed by atoms with Crippen LogP contribution < -0.4 is 98.4 Å². The largest absolute Gasteiger partial charge is 0.756 e. The molecule has 81 heteroatoms. The highest BCUT2D eigenvalue weighted by molar-refractivity contribution is 7.67. The van der Waals surface area contributed by atoms with Crippen LogP contribution in [0.25, 0.3) is 22.1 Å². The fraction of sp³-hybridized carbons (Fsp3) is 0.583. The number of hydrogen-bond donors (Lipinski definition) is 13. The van der Waals surface area contributed by atoms with Gasteiger partial charge < -0.3 is 181 Å². The molecule has 4 aliphatic heterocycles. The van der Waals surface area contributed by atoms with Crippen LogP contribution in [-0.4, -0.2) is 193 Å². The Kier molecular flexibility index (Phi) is 38.4. The predicted molar refractivity (Wildman–Crippen MR) is 385 cm³/mol. The number of nitrogens with zero attached hydrogens (tertiary/aromatic N) is 8. The summed E-state index contributed by atoms with van der Waals surface area (Å²) in [5, 5.41) is 78.3. The monoisotopic (exact) mass is 2090 g/mol. The summed E-state index contributed by atoms with van der Waals surface area (Å²) in [6.45, 7) is -5.98. The van der Waals surface area contributed by atoms with E-state index in [1.54, 1.807) is 0 Å². The van der Waals surface area contributed by atoms with Crippen LogP contribution in [0.2, 0.25) is 0 Å². The average Bonchev–Trinajstić information content (AvgIpc) is 1.62. The number of aromatic nitrogens is 10. The predicted octanol–water partition coefficient (Wildman–Crippen LogP) is -10.3. The highest BCUT2D eigenvalue weighted by Crippen LogP contribution is 2.66. The zero-order valence-corrected chi connectivity index (χ0v) is 75.4. The maximum atomic E-state index is 12.2. The van der Waals surface area contributed by atoms with E-state index in [0.29, 0.717) is 39.4 Å². The standard InChI is InChI=1S/C13H21N4O14P3.C13H21N4O13P3.C11H20N3O14P3.C11H19N2O15P3/c1-27-32(21,22)30-34(25,26)31-33(23,24)28-5-8-7(19)2-9(29-8)17-3-6(4-18)10-11(17)15-13(14)16-12(10)20;1-26-31(20,21)29-33(24,25)30-32(22,23)27-5-9-8(19)2-10(28-9)17-3-7(4-18)11-12(14)15-6-16-13(11)17;1-24-29(18,19)27-31(22,23)28-30(20,21)25-5-8-7(16)2-9(26-8)14-3-6(4-15)10(12)13-11(14)17;1-24-29(18,19)27-31(22,23)28-30(20,21)25-5-8-7(15)2-9(26-8)13-3-6(4-14)10(16)12-11(13)17/h3,7-9,18-19H,2,4-5H2,1H3,(H,21,22)(H,23,24)(H,25,26)(H3,14,15,16,20);3,6,8-10,18-19H,2,4-5H2,1H3,(H,20,21)(H,22,23)(H,24,25)(H2,14,15,16);3,7-9,15-16H,2,4-5H2,1H3,(H,18,19)(H,20,21)(H,22,23)(H2,12,13,17);3,7-9,14-15H,2,4-5H2,1H3,(H,18,19)(H,20,21)(H,22,23)(H,12,16,17)/p-12/t7-,8-,9-;8-,9-,10-;2*7-,8-,9-/m1111/s1. The van der Waals surface area contributed by atoms with Crippen molar-refractivity contribution in [1.29, 1.82) is 0 Å². The van der Waals surface area contributed by atoms with Crippen molar-refractivity contribution in [2.75, 3.05) is 72.1 Å². The number of hydrogen-bond acceptors (Lipinski definition) is 63. The minimum atomic E-state index is -5.97. The Bertz CT molecular complexity index is 5850. The first kappa shape index (κ1) is 111. The number of ether oxygens (including phenoxy) is 4. The number of aromatic amines is 2. The first-order valence-corrected chi connectivity index (χ1v) is 51.6. The molecule has 6 aromatic rings. The zero-order chi connectivity index (χ0) is 97.3. The fourth-order valence-electron chi connectivity index (χ4n) is 10.9. The Morgan fingerprint density at radius 3 is 1.00 bits per heavy atom. The van der Waals surface area contributed by atoms with Crippen LogP contribution in [0, 0.1) is 0 Å². The lowest BCUT2D eigenvalue weighted by molar-refractivity contribution is -0.255. The summed E-state index contributed by atoms with van der Waals surface area (Å²) in [5.74, 6) is -0.345. The minimum absolute atomic E-state index is 0.0184. The van der Waals surface area contributed by atoms with Crippen LogP contribution in [0.5, 0.6) is 0 Å². The van der Waals surface area contributed by atoms with E-state index in [0.717, 1.165) is 21.5 Å². The van der Waals surface area contributed by atoms with E-state index in [1.807, 2.05) is 4.98 Å². The summed E-state index contributed by atoms with van der Waals surface area (Å²) in [6, 6.07) is 0. The molecule has 0 radical (unpaired) electrons. The van der Waals surface area contributed by atoms with E-state index in [1.165, 1.54) is 27.9 Å². The van der Waals surface area contributed by atoms with E-state index in [9.17, 15) is 168 Å². The number of phosphoric ester groups is 8. The lowest BCUT2D eigenvalue weighted by Crippen LogP contribution is -2.34. The van der Waals surface area contributed by atoms with Crippen molar-refractivity contribution in [2.24, 2.45) is 0 Å². The maximum Gasteiger partial charge on any atom is 0.351 e. The molecule has 0 spiro atoms. The fourth-order valence-corrected chi connectivity index (χ4v) is 23.4. The Morgan fingerprint density at radius 2 is 0.667 bits per heavy atom. The number of phosphoric acid groups is 12. The van der Waals surface area contributed by atoms with Crippen LogP contribution in [0.1, 0.15) is 72.8 Å². The van der Waals surface area contributed by atoms with E-state index < -0.39 is 243 Å². The summed E-state index contributed by atoms with van der Waals surface area (Å²) in [6.07, 6.45) is -9.70. The first-order chi connectivity index (χ1) is 59.3. The molecule has 0 aliphatic carbocycles. The molecule has 69 nitrogen and oxygen atoms in total. The number of aliphatic hydroxyl groups is 8. The lowest BCUT2D eigenvalue weighted by atomic mass is 10.2. The normalized spacial score (nSPS) is 26.9. The van der Waals surface area contributed by atoms with Crippen molar-refractivity contribution in [3.8, 4) is 0 Å². The lowest BCUT2D eigenvalue weighted by Gasteiger charge is -2.34. The molecule has 10 rings (SSSR count). The van der Waals surface area contributed by atoms with Crippen LogP contribution in [0.3, 0.4) is 0 Å². The Morgan fingerprint density at radius 1 is 0.372 bits per heavy atom. The van der Waals surface area contributed by atoms with E-state index in [-0.39, 0.29) is 76.6 Å². The number of nitrogen functional groups attached to an aromatic ring is 3. The van der Waals surface area contributed by atoms with Gasteiger partial charge in [-0.05, 0) is 0 Å². The van der Waals surface area contributed by atoms with Gasteiger partial charge in [0, 0.05) is 95.6 Å². The van der Waals surface area contributed by atoms with Gasteiger partial charge in [0.2, 0.25) is 5.95 Å². The number of nitrogens with one attached hydrogen (secondary N) is 2. The zero-order valence-electron chi connectivity index (χ0n) is 64.7. The third-order valence-electron chi connectivity index (χ3n) is 16.4. The molecule has 24 atom stereocenters. The Balaban J connectivity index is 0.000000236. The summed E-state index contributed by atoms with van der Waals surface area (Å²) in [4.78, 5) is 204. The van der Waals surface area contributed by atoms with Crippen molar-refractivity contribution in [1.82, 2.24) is 48.2 Å². The number of H-pyrrole nitrogens is 2. The molecule has 4 saturated heterocycles. The van der Waals surface area contributed by atoms with Crippen molar-refractivity contribution in [3.63, 3.8) is 0 Å². The summed E-state index contributed by atoms with van der Waals surface area (Å²) < 4.78 is 223. The van der Waals surface area contributed by atoms with Gasteiger partial charge in [0.15, 0.2) is 5.65 Å². The first-order valence-electron chi connectivity index (χ1n) is 34.0. The second kappa shape index (κ2) is 44.5. The molecule has 16 N–H and O–H groups in total. The van der Waals surface area contributed by atoms with Crippen molar-refractivity contribution < 1.29 is 244 Å². The van der Waals surface area contributed by atoms with Gasteiger partial charge in [-0.3, -0.25) is 83.5 Å². The molecular formula is C48H69N13O56P12-12. The number of fused-ring (bicyclic) bond motifs is 2. The molecule has 0 aromatic carbocycles. The molecule has 129 heavy (non-hydrogen) atoms.